The van der Waals surface area contributed by atoms with Crippen LogP contribution in [0.4, 0.5) is 16.2 Å². The van der Waals surface area contributed by atoms with Crippen LogP contribution in [0.2, 0.25) is 0 Å². The van der Waals surface area contributed by atoms with Gasteiger partial charge in [0.05, 0.1) is 50.7 Å². The van der Waals surface area contributed by atoms with E-state index in [2.05, 4.69) is 21.2 Å². The van der Waals surface area contributed by atoms with Crippen LogP contribution in [0.5, 0.6) is 5.75 Å². The molecule has 0 fully saturated rings. The van der Waals surface area contributed by atoms with E-state index in [1.54, 1.807) is 45.0 Å². The molecule has 1 N–H and O–H groups in total. The predicted molar refractivity (Wildman–Crippen MR) is 144 cm³/mol. The molecule has 1 amide bonds. The van der Waals surface area contributed by atoms with Crippen LogP contribution in [0.1, 0.15) is 20.8 Å². The lowest BCUT2D eigenvalue weighted by Gasteiger charge is -2.25. The molecule has 0 atom stereocenters. The summed E-state index contributed by atoms with van der Waals surface area (Å²) in [5.41, 5.74) is -0.624. The van der Waals surface area contributed by atoms with Gasteiger partial charge in [-0.2, -0.15) is 0 Å². The van der Waals surface area contributed by atoms with Gasteiger partial charge in [-0.05, 0) is 51.1 Å². The minimum absolute atomic E-state index is 0.0199. The van der Waals surface area contributed by atoms with Gasteiger partial charge in [0.25, 0.3) is 15.7 Å². The fourth-order valence-corrected chi connectivity index (χ4v) is 4.99. The van der Waals surface area contributed by atoms with E-state index in [-0.39, 0.29) is 55.8 Å². The van der Waals surface area contributed by atoms with Crippen molar-refractivity contribution in [1.82, 2.24) is 5.32 Å². The number of anilines is 1. The first kappa shape index (κ1) is 31.3. The molecular formula is C24H32BrN3O9S. The van der Waals surface area contributed by atoms with E-state index < -0.39 is 26.6 Å². The number of halogens is 1. The summed E-state index contributed by atoms with van der Waals surface area (Å²) in [6.45, 7) is 6.16. The Bertz CT molecular complexity index is 1190. The molecule has 0 bridgehead atoms. The number of methoxy groups -OCH3 is 1. The molecule has 0 unspecified atom stereocenters. The Morgan fingerprint density at radius 3 is 2.26 bits per heavy atom. The minimum atomic E-state index is -4.27. The molecule has 14 heteroatoms. The highest BCUT2D eigenvalue weighted by Gasteiger charge is 2.30. The van der Waals surface area contributed by atoms with Crippen molar-refractivity contribution >= 4 is 43.4 Å². The van der Waals surface area contributed by atoms with Gasteiger partial charge in [0, 0.05) is 23.2 Å². The van der Waals surface area contributed by atoms with Crippen molar-refractivity contribution in [3.63, 3.8) is 0 Å². The van der Waals surface area contributed by atoms with Crippen LogP contribution < -0.4 is 14.4 Å². The van der Waals surface area contributed by atoms with Crippen molar-refractivity contribution in [2.45, 2.75) is 31.3 Å². The molecule has 0 aliphatic carbocycles. The van der Waals surface area contributed by atoms with Crippen LogP contribution in [0.3, 0.4) is 0 Å². The number of alkyl carbamates (subject to hydrolysis) is 1. The van der Waals surface area contributed by atoms with Crippen molar-refractivity contribution in [3.05, 3.63) is 57.1 Å². The van der Waals surface area contributed by atoms with E-state index >= 15 is 0 Å². The number of rotatable bonds is 14. The average molecular weight is 619 g/mol. The summed E-state index contributed by atoms with van der Waals surface area (Å²) in [6.07, 6.45) is -0.535. The molecule has 0 saturated heterocycles. The molecule has 0 aliphatic rings. The van der Waals surface area contributed by atoms with Crippen molar-refractivity contribution in [2.75, 3.05) is 50.9 Å². The largest absolute Gasteiger partial charge is 0.495 e. The number of benzene rings is 2. The van der Waals surface area contributed by atoms with Gasteiger partial charge in [-0.15, -0.1) is 0 Å². The summed E-state index contributed by atoms with van der Waals surface area (Å²) in [5.74, 6) is -0.0213. The summed E-state index contributed by atoms with van der Waals surface area (Å²) >= 11 is 3.33. The first-order chi connectivity index (χ1) is 17.8. The Morgan fingerprint density at radius 1 is 1.05 bits per heavy atom. The quantitative estimate of drug-likeness (QED) is 0.188. The highest BCUT2D eigenvalue weighted by Crippen LogP contribution is 2.33. The van der Waals surface area contributed by atoms with E-state index in [1.165, 1.54) is 19.2 Å². The van der Waals surface area contributed by atoms with Crippen LogP contribution in [0, 0.1) is 10.1 Å². The van der Waals surface area contributed by atoms with Gasteiger partial charge in [0.1, 0.15) is 16.2 Å². The maximum absolute atomic E-state index is 13.6. The first-order valence-electron chi connectivity index (χ1n) is 11.6. The smallest absolute Gasteiger partial charge is 0.407 e. The zero-order valence-electron chi connectivity index (χ0n) is 21.6. The number of carbonyl (C=O) groups is 1. The van der Waals surface area contributed by atoms with Crippen LogP contribution >= 0.6 is 15.9 Å². The number of amides is 1. The van der Waals surface area contributed by atoms with Gasteiger partial charge >= 0.3 is 6.09 Å². The zero-order chi connectivity index (χ0) is 28.3. The monoisotopic (exact) mass is 617 g/mol. The first-order valence-corrected chi connectivity index (χ1v) is 13.8. The summed E-state index contributed by atoms with van der Waals surface area (Å²) in [6, 6.07) is 9.97. The lowest BCUT2D eigenvalue weighted by molar-refractivity contribution is -0.385. The second-order valence-corrected chi connectivity index (χ2v) is 11.5. The van der Waals surface area contributed by atoms with Crippen LogP contribution in [-0.2, 0) is 24.2 Å². The number of carbonyl (C=O) groups excluding carboxylic acids is 1. The number of nitro benzene ring substituents is 1. The molecule has 0 heterocycles. The highest BCUT2D eigenvalue weighted by atomic mass is 79.9. The van der Waals surface area contributed by atoms with E-state index in [0.29, 0.717) is 5.69 Å². The minimum Gasteiger partial charge on any atom is -0.495 e. The molecule has 0 aliphatic heterocycles. The van der Waals surface area contributed by atoms with Crippen LogP contribution in [0.15, 0.2) is 51.8 Å². The molecule has 0 radical (unpaired) electrons. The topological polar surface area (TPSA) is 147 Å². The fourth-order valence-electron chi connectivity index (χ4n) is 3.10. The molecule has 0 aromatic heterocycles. The number of ether oxygens (including phenoxy) is 4. The van der Waals surface area contributed by atoms with Gasteiger partial charge in [0.15, 0.2) is 0 Å². The number of hydrogen-bond donors (Lipinski definition) is 1. The standard InChI is InChI=1S/C24H32BrN3O9S/c1-24(2,3)37-23(29)26-11-13-35-15-16-36-14-12-27(19-7-5-18(25)6-8-19)38(32,33)22-17-20(28(30)31)9-10-21(22)34-4/h5-10,17H,11-16H2,1-4H3,(H,26,29). The number of sulfonamides is 1. The number of hydrogen-bond acceptors (Lipinski definition) is 9. The Balaban J connectivity index is 2.00. The Kier molecular flexibility index (Phi) is 11.8. The van der Waals surface area contributed by atoms with Crippen molar-refractivity contribution in [1.29, 1.82) is 0 Å². The predicted octanol–water partition coefficient (Wildman–Crippen LogP) is 4.12. The highest BCUT2D eigenvalue weighted by molar-refractivity contribution is 9.10. The molecule has 2 aromatic carbocycles. The lowest BCUT2D eigenvalue weighted by atomic mass is 10.2. The normalized spacial score (nSPS) is 11.6. The second kappa shape index (κ2) is 14.3. The number of nitrogens with one attached hydrogen (secondary N) is 1. The third-order valence-electron chi connectivity index (χ3n) is 4.77. The number of nitrogens with zero attached hydrogens (tertiary/aromatic N) is 2. The van der Waals surface area contributed by atoms with E-state index in [0.717, 1.165) is 14.8 Å². The third-order valence-corrected chi connectivity index (χ3v) is 7.14. The fraction of sp³-hybridized carbons (Fsp3) is 0.458. The summed E-state index contributed by atoms with van der Waals surface area (Å²) in [5, 5.41) is 13.9. The van der Waals surface area contributed by atoms with E-state index in [9.17, 15) is 23.3 Å². The van der Waals surface area contributed by atoms with Crippen molar-refractivity contribution < 1.29 is 37.1 Å². The van der Waals surface area contributed by atoms with E-state index in [1.807, 2.05) is 0 Å². The van der Waals surface area contributed by atoms with Gasteiger partial charge in [-0.3, -0.25) is 14.4 Å². The third kappa shape index (κ3) is 9.74. The molecule has 2 rings (SSSR count). The van der Waals surface area contributed by atoms with Crippen LogP contribution in [-0.4, -0.2) is 71.7 Å². The molecule has 210 valence electrons. The molecule has 0 saturated carbocycles. The SMILES string of the molecule is COc1ccc([N+](=O)[O-])cc1S(=O)(=O)N(CCOCCOCCNC(=O)OC(C)(C)C)c1ccc(Br)cc1. The Labute approximate surface area is 230 Å². The Morgan fingerprint density at radius 2 is 1.68 bits per heavy atom. The molecular weight excluding hydrogens is 586 g/mol. The number of non-ortho nitro benzene ring substituents is 1. The summed E-state index contributed by atoms with van der Waals surface area (Å²) in [7, 11) is -2.98. The molecule has 2 aromatic rings. The molecule has 38 heavy (non-hydrogen) atoms. The van der Waals surface area contributed by atoms with Gasteiger partial charge < -0.3 is 24.3 Å². The zero-order valence-corrected chi connectivity index (χ0v) is 24.0. The van der Waals surface area contributed by atoms with Crippen molar-refractivity contribution in [3.8, 4) is 5.75 Å². The summed E-state index contributed by atoms with van der Waals surface area (Å²) in [4.78, 5) is 21.9. The van der Waals surface area contributed by atoms with E-state index in [4.69, 9.17) is 18.9 Å². The van der Waals surface area contributed by atoms with Gasteiger partial charge in [-0.1, -0.05) is 15.9 Å². The maximum atomic E-state index is 13.6. The average Bonchev–Trinajstić information content (AvgIpc) is 2.84. The Hall–Kier alpha value is -2.94. The lowest BCUT2D eigenvalue weighted by Crippen LogP contribution is -2.35. The van der Waals surface area contributed by atoms with Crippen LogP contribution in [0.25, 0.3) is 0 Å². The van der Waals surface area contributed by atoms with Crippen molar-refractivity contribution in [2.24, 2.45) is 0 Å². The maximum Gasteiger partial charge on any atom is 0.407 e. The second-order valence-electron chi connectivity index (χ2n) is 8.80. The van der Waals surface area contributed by atoms with Gasteiger partial charge in [-0.25, -0.2) is 13.2 Å². The molecule has 0 spiro atoms. The number of nitro groups is 1. The van der Waals surface area contributed by atoms with Gasteiger partial charge in [0.2, 0.25) is 0 Å². The molecule has 12 nitrogen and oxygen atoms in total. The summed E-state index contributed by atoms with van der Waals surface area (Å²) < 4.78 is 50.4.